The monoisotopic (exact) mass is 464 g/mol. The van der Waals surface area contributed by atoms with E-state index >= 15 is 0 Å². The van der Waals surface area contributed by atoms with Crippen molar-refractivity contribution in [2.45, 2.75) is 11.4 Å². The lowest BCUT2D eigenvalue weighted by molar-refractivity contribution is 0.483. The summed E-state index contributed by atoms with van der Waals surface area (Å²) in [6.07, 6.45) is 0. The second kappa shape index (κ2) is 8.14. The summed E-state index contributed by atoms with van der Waals surface area (Å²) in [5.41, 5.74) is 1.85. The number of fused-ring (bicyclic) bond motifs is 2. The van der Waals surface area contributed by atoms with E-state index in [1.54, 1.807) is 36.4 Å². The lowest BCUT2D eigenvalue weighted by Gasteiger charge is -2.23. The number of nitrogens with one attached hydrogen (secondary N) is 2. The molecule has 2 heterocycles. The zero-order valence-corrected chi connectivity index (χ0v) is 18.2. The van der Waals surface area contributed by atoms with Gasteiger partial charge in [-0.15, -0.1) is 0 Å². The Balaban J connectivity index is 1.46. The number of hydrogen-bond acceptors (Lipinski definition) is 5. The van der Waals surface area contributed by atoms with Crippen LogP contribution < -0.4 is 14.8 Å². The Hall–Kier alpha value is -3.62. The Morgan fingerprint density at radius 2 is 1.69 bits per heavy atom. The number of aromatic nitrogens is 1. The van der Waals surface area contributed by atoms with E-state index in [0.29, 0.717) is 22.2 Å². The van der Waals surface area contributed by atoms with E-state index in [4.69, 9.17) is 16.3 Å². The average Bonchev–Trinajstić information content (AvgIpc) is 2.79. The van der Waals surface area contributed by atoms with Crippen molar-refractivity contribution < 1.29 is 13.2 Å². The summed E-state index contributed by atoms with van der Waals surface area (Å²) in [5.74, 6) is 0.819. The van der Waals surface area contributed by atoms with Gasteiger partial charge < -0.3 is 10.1 Å². The van der Waals surface area contributed by atoms with Gasteiger partial charge in [-0.25, -0.2) is 18.1 Å². The first-order chi connectivity index (χ1) is 15.5. The number of sulfonamides is 1. The molecule has 0 unspecified atom stereocenters. The Kier molecular flexibility index (Phi) is 5.16. The van der Waals surface area contributed by atoms with E-state index < -0.39 is 10.0 Å². The molecule has 4 aromatic rings. The zero-order valence-electron chi connectivity index (χ0n) is 16.6. The number of ether oxygens (including phenoxy) is 1. The van der Waals surface area contributed by atoms with E-state index in [1.165, 1.54) is 6.07 Å². The second-order valence-electron chi connectivity index (χ2n) is 7.05. The maximum atomic E-state index is 12.8. The molecule has 0 spiro atoms. The summed E-state index contributed by atoms with van der Waals surface area (Å²) < 4.78 is 34.0. The third kappa shape index (κ3) is 3.98. The molecule has 0 amide bonds. The fourth-order valence-corrected chi connectivity index (χ4v) is 4.68. The largest absolute Gasteiger partial charge is 0.454 e. The molecule has 2 N–H and O–H groups in total. The molecule has 0 aliphatic carbocycles. The minimum absolute atomic E-state index is 0.0600. The van der Waals surface area contributed by atoms with Crippen molar-refractivity contribution in [3.05, 3.63) is 89.6 Å². The maximum absolute atomic E-state index is 12.8. The van der Waals surface area contributed by atoms with E-state index in [9.17, 15) is 8.42 Å². The molecule has 0 radical (unpaired) electrons. The molecule has 1 aliphatic heterocycles. The van der Waals surface area contributed by atoms with Gasteiger partial charge in [0.05, 0.1) is 22.8 Å². The average molecular weight is 465 g/mol. The summed E-state index contributed by atoms with van der Waals surface area (Å²) >= 11 is 6.19. The van der Waals surface area contributed by atoms with Crippen LogP contribution >= 0.6 is 11.6 Å². The predicted molar refractivity (Wildman–Crippen MR) is 125 cm³/mol. The Morgan fingerprint density at radius 1 is 0.906 bits per heavy atom. The molecular formula is C23H17ClN4O3S. The molecule has 0 atom stereocenters. The first-order valence-electron chi connectivity index (χ1n) is 9.74. The molecule has 0 saturated carbocycles. The Labute approximate surface area is 189 Å². The smallest absolute Gasteiger partial charge is 0.266 e. The minimum atomic E-state index is -3.83. The van der Waals surface area contributed by atoms with Gasteiger partial charge in [-0.2, -0.15) is 0 Å². The lowest BCUT2D eigenvalue weighted by atomic mass is 10.2. The molecule has 7 nitrogen and oxygen atoms in total. The van der Waals surface area contributed by atoms with Gasteiger partial charge in [0.1, 0.15) is 16.3 Å². The highest BCUT2D eigenvalue weighted by Gasteiger charge is 2.29. The molecule has 1 aliphatic rings. The molecule has 3 aromatic carbocycles. The van der Waals surface area contributed by atoms with Crippen molar-refractivity contribution in [2.24, 2.45) is 4.99 Å². The minimum Gasteiger partial charge on any atom is -0.454 e. The van der Waals surface area contributed by atoms with Crippen molar-refractivity contribution in [1.29, 1.82) is 0 Å². The van der Waals surface area contributed by atoms with Crippen molar-refractivity contribution in [2.75, 3.05) is 5.32 Å². The predicted octanol–water partition coefficient (Wildman–Crippen LogP) is 4.94. The van der Waals surface area contributed by atoms with Crippen LogP contribution in [0.2, 0.25) is 5.02 Å². The number of halogens is 1. The number of para-hydroxylation sites is 3. The van der Waals surface area contributed by atoms with Crippen LogP contribution in [0.15, 0.2) is 88.8 Å². The quantitative estimate of drug-likeness (QED) is 0.446. The topological polar surface area (TPSA) is 92.7 Å². The van der Waals surface area contributed by atoms with Crippen LogP contribution in [0, 0.1) is 0 Å². The van der Waals surface area contributed by atoms with E-state index in [0.717, 1.165) is 10.9 Å². The first kappa shape index (κ1) is 20.3. The summed E-state index contributed by atoms with van der Waals surface area (Å²) in [4.78, 5) is 9.02. The van der Waals surface area contributed by atoms with Crippen LogP contribution in [-0.2, 0) is 16.6 Å². The number of aliphatic imine (C=N–C) groups is 1. The SMILES string of the molecule is O=S1(=O)NC(=NCc2ccc3ccccc3n2)Nc2c(Oc3ccccc3Cl)cccc21. The molecule has 0 bridgehead atoms. The second-order valence-corrected chi connectivity index (χ2v) is 9.11. The summed E-state index contributed by atoms with van der Waals surface area (Å²) in [7, 11) is -3.83. The Bertz CT molecular complexity index is 1470. The van der Waals surface area contributed by atoms with Gasteiger partial charge in [0.2, 0.25) is 5.96 Å². The van der Waals surface area contributed by atoms with Crippen LogP contribution in [0.5, 0.6) is 11.5 Å². The van der Waals surface area contributed by atoms with E-state index in [2.05, 4.69) is 20.0 Å². The molecule has 160 valence electrons. The first-order valence-corrected chi connectivity index (χ1v) is 11.6. The fraction of sp³-hybridized carbons (Fsp3) is 0.0435. The summed E-state index contributed by atoms with van der Waals surface area (Å²) in [6, 6.07) is 23.3. The zero-order chi connectivity index (χ0) is 22.1. The standard InChI is InChI=1S/C23H17ClN4O3S/c24-17-7-2-4-9-19(17)31-20-10-5-11-21-22(20)27-23(28-32(21,29)30)25-14-16-13-12-15-6-1-3-8-18(15)26-16/h1-13H,14H2,(H2,25,27,28). The van der Waals surface area contributed by atoms with Crippen LogP contribution in [0.4, 0.5) is 5.69 Å². The Morgan fingerprint density at radius 3 is 2.56 bits per heavy atom. The maximum Gasteiger partial charge on any atom is 0.266 e. The van der Waals surface area contributed by atoms with Crippen molar-refractivity contribution in [1.82, 2.24) is 9.71 Å². The van der Waals surface area contributed by atoms with Gasteiger partial charge in [0.25, 0.3) is 10.0 Å². The third-order valence-corrected chi connectivity index (χ3v) is 6.56. The fourth-order valence-electron chi connectivity index (χ4n) is 3.34. The van der Waals surface area contributed by atoms with E-state index in [1.807, 2.05) is 36.4 Å². The van der Waals surface area contributed by atoms with Gasteiger partial charge in [0, 0.05) is 5.39 Å². The van der Waals surface area contributed by atoms with Gasteiger partial charge in [0.15, 0.2) is 5.75 Å². The third-order valence-electron chi connectivity index (χ3n) is 4.86. The molecule has 0 saturated heterocycles. The number of pyridine rings is 1. The molecule has 5 rings (SSSR count). The molecular weight excluding hydrogens is 448 g/mol. The van der Waals surface area contributed by atoms with Gasteiger partial charge in [-0.05, 0) is 36.4 Å². The summed E-state index contributed by atoms with van der Waals surface area (Å²) in [6.45, 7) is 0.193. The van der Waals surface area contributed by atoms with Crippen molar-refractivity contribution in [3.63, 3.8) is 0 Å². The van der Waals surface area contributed by atoms with Gasteiger partial charge in [-0.1, -0.05) is 54.1 Å². The number of guanidine groups is 1. The summed E-state index contributed by atoms with van der Waals surface area (Å²) in [5, 5.41) is 4.47. The van der Waals surface area contributed by atoms with Crippen LogP contribution in [0.25, 0.3) is 10.9 Å². The number of hydrogen-bond donors (Lipinski definition) is 2. The molecule has 0 fully saturated rings. The van der Waals surface area contributed by atoms with Crippen LogP contribution in [0.1, 0.15) is 5.69 Å². The number of benzene rings is 3. The number of nitrogens with zero attached hydrogens (tertiary/aromatic N) is 2. The van der Waals surface area contributed by atoms with Crippen LogP contribution in [-0.4, -0.2) is 19.4 Å². The molecule has 1 aromatic heterocycles. The van der Waals surface area contributed by atoms with Crippen LogP contribution in [0.3, 0.4) is 0 Å². The van der Waals surface area contributed by atoms with Crippen molar-refractivity contribution in [3.8, 4) is 11.5 Å². The number of rotatable bonds is 4. The highest BCUT2D eigenvalue weighted by atomic mass is 35.5. The number of anilines is 1. The van der Waals surface area contributed by atoms with E-state index in [-0.39, 0.29) is 23.1 Å². The highest BCUT2D eigenvalue weighted by Crippen LogP contribution is 2.38. The normalized spacial score (nSPS) is 15.6. The van der Waals surface area contributed by atoms with Crippen molar-refractivity contribution >= 4 is 44.2 Å². The highest BCUT2D eigenvalue weighted by molar-refractivity contribution is 7.90. The molecule has 32 heavy (non-hydrogen) atoms. The lowest BCUT2D eigenvalue weighted by Crippen LogP contribution is -2.40. The van der Waals surface area contributed by atoms with Gasteiger partial charge in [-0.3, -0.25) is 4.98 Å². The molecule has 9 heteroatoms. The van der Waals surface area contributed by atoms with Gasteiger partial charge >= 0.3 is 0 Å².